The number of halogens is 7. The van der Waals surface area contributed by atoms with E-state index >= 15 is 4.39 Å². The van der Waals surface area contributed by atoms with E-state index in [4.69, 9.17) is 0 Å². The van der Waals surface area contributed by atoms with E-state index in [9.17, 15) is 49.5 Å². The van der Waals surface area contributed by atoms with Crippen LogP contribution in [0.1, 0.15) is 75.0 Å². The van der Waals surface area contributed by atoms with Crippen molar-refractivity contribution < 1.29 is 53.8 Å². The van der Waals surface area contributed by atoms with Crippen LogP contribution in [0.15, 0.2) is 47.6 Å². The number of carboxylic acids is 1. The van der Waals surface area contributed by atoms with Crippen molar-refractivity contribution in [1.29, 1.82) is 0 Å². The van der Waals surface area contributed by atoms with Gasteiger partial charge in [-0.1, -0.05) is 37.6 Å². The Kier molecular flexibility index (Phi) is 8.51. The molecule has 0 spiro atoms. The monoisotopic (exact) mass is 678 g/mol. The average Bonchev–Trinajstić information content (AvgIpc) is 3.41. The minimum absolute atomic E-state index is 0.0789. The number of carbonyl (C=O) groups excluding carboxylic acids is 1. The smallest absolute Gasteiger partial charge is 0.435 e. The van der Waals surface area contributed by atoms with Gasteiger partial charge in [0.05, 0.1) is 11.5 Å². The summed E-state index contributed by atoms with van der Waals surface area (Å²) >= 11 is 0. The second-order valence-electron chi connectivity index (χ2n) is 12.5. The lowest BCUT2D eigenvalue weighted by Gasteiger charge is -2.44. The molecule has 1 aliphatic heterocycles. The van der Waals surface area contributed by atoms with Crippen molar-refractivity contribution in [3.63, 3.8) is 0 Å². The number of aliphatic carboxylic acids is 1. The van der Waals surface area contributed by atoms with E-state index in [0.29, 0.717) is 25.0 Å². The Labute approximate surface area is 261 Å². The molecular weight excluding hydrogens is 645 g/mol. The molecule has 0 radical (unpaired) electrons. The number of carboxylic acid groups (broad SMARTS) is 1. The van der Waals surface area contributed by atoms with Gasteiger partial charge in [0, 0.05) is 24.2 Å². The Balaban J connectivity index is 1.58. The molecule has 1 N–H and O–H groups in total. The van der Waals surface area contributed by atoms with Crippen LogP contribution in [0.3, 0.4) is 0 Å². The molecule has 0 bridgehead atoms. The molecule has 2 heterocycles. The topological polar surface area (TPSA) is 105 Å². The SMILES string of the molecule is CCCC1(C(=O)O)CCC(C(=O)N2CCC3(S(=O)(=O)c4ccccn4)c4ccc(C(F)(C(F)(F)F)C(F)(F)F)cc4CCC23)CC1. The Morgan fingerprint density at radius 1 is 0.978 bits per heavy atom. The number of rotatable bonds is 7. The molecule has 46 heavy (non-hydrogen) atoms. The maximum absolute atomic E-state index is 15.0. The van der Waals surface area contributed by atoms with Gasteiger partial charge in [0.25, 0.3) is 0 Å². The number of nitrogens with zero attached hydrogens (tertiary/aromatic N) is 2. The van der Waals surface area contributed by atoms with Crippen molar-refractivity contribution in [2.45, 2.75) is 98.5 Å². The van der Waals surface area contributed by atoms with Crippen molar-refractivity contribution in [2.75, 3.05) is 6.54 Å². The maximum atomic E-state index is 15.0. The lowest BCUT2D eigenvalue weighted by Crippen LogP contribution is -2.54. The fraction of sp³-hybridized carbons (Fsp3) is 0.581. The minimum Gasteiger partial charge on any atom is -0.481 e. The Morgan fingerprint density at radius 2 is 1.63 bits per heavy atom. The van der Waals surface area contributed by atoms with E-state index in [1.165, 1.54) is 29.3 Å². The van der Waals surface area contributed by atoms with Gasteiger partial charge in [0.15, 0.2) is 5.03 Å². The Bertz CT molecular complexity index is 1590. The van der Waals surface area contributed by atoms with Crippen LogP contribution in [-0.2, 0) is 36.3 Å². The quantitative estimate of drug-likeness (QED) is 0.329. The molecule has 2 aliphatic carbocycles. The Hall–Kier alpha value is -3.23. The molecular formula is C31H33F7N2O5S. The van der Waals surface area contributed by atoms with Crippen molar-refractivity contribution in [2.24, 2.45) is 11.3 Å². The number of amides is 1. The lowest BCUT2D eigenvalue weighted by atomic mass is 9.68. The van der Waals surface area contributed by atoms with Gasteiger partial charge >= 0.3 is 24.0 Å². The molecule has 15 heteroatoms. The minimum atomic E-state index is -6.35. The maximum Gasteiger partial charge on any atom is 0.435 e. The average molecular weight is 679 g/mol. The van der Waals surface area contributed by atoms with E-state index < -0.39 is 61.5 Å². The molecule has 3 aliphatic rings. The van der Waals surface area contributed by atoms with Gasteiger partial charge in [-0.3, -0.25) is 9.59 Å². The van der Waals surface area contributed by atoms with Gasteiger partial charge in [0.1, 0.15) is 4.75 Å². The van der Waals surface area contributed by atoms with E-state index in [0.717, 1.165) is 6.07 Å². The molecule has 2 aromatic rings. The first-order chi connectivity index (χ1) is 21.4. The number of pyridine rings is 1. The highest BCUT2D eigenvalue weighted by molar-refractivity contribution is 7.92. The van der Waals surface area contributed by atoms with Gasteiger partial charge in [-0.05, 0) is 74.6 Å². The molecule has 252 valence electrons. The summed E-state index contributed by atoms with van der Waals surface area (Å²) in [6.45, 7) is 1.79. The predicted molar refractivity (Wildman–Crippen MR) is 150 cm³/mol. The number of hydrogen-bond acceptors (Lipinski definition) is 5. The van der Waals surface area contributed by atoms with Gasteiger partial charge in [-0.25, -0.2) is 17.8 Å². The summed E-state index contributed by atoms with van der Waals surface area (Å²) in [5.74, 6) is -1.90. The number of sulfone groups is 1. The standard InChI is InChI=1S/C31H33F7N2O5S/c1-2-12-27(26(42)43)13-10-19(11-14-27)25(41)40-17-15-28(46(44,45)24-5-3-4-16-39-24)22-8-7-21(18-20(22)6-9-23(28)40)29(32,30(33,34)35)31(36,37)38/h3-5,7-8,16,18-19,23H,2,6,9-15,17H2,1H3,(H,42,43). The van der Waals surface area contributed by atoms with E-state index in [1.54, 1.807) is 0 Å². The van der Waals surface area contributed by atoms with E-state index in [2.05, 4.69) is 4.98 Å². The van der Waals surface area contributed by atoms with Gasteiger partial charge < -0.3 is 10.0 Å². The number of alkyl halides is 7. The summed E-state index contributed by atoms with van der Waals surface area (Å²) in [4.78, 5) is 31.5. The second-order valence-corrected chi connectivity index (χ2v) is 14.7. The highest BCUT2D eigenvalue weighted by Crippen LogP contribution is 2.57. The number of carbonyl (C=O) groups is 2. The number of fused-ring (bicyclic) bond motifs is 3. The first-order valence-electron chi connectivity index (χ1n) is 15.0. The molecule has 2 unspecified atom stereocenters. The lowest BCUT2D eigenvalue weighted by molar-refractivity contribution is -0.348. The summed E-state index contributed by atoms with van der Waals surface area (Å²) in [7, 11) is -4.53. The molecule has 1 amide bonds. The normalized spacial score (nSPS) is 27.2. The van der Waals surface area contributed by atoms with Crippen molar-refractivity contribution in [1.82, 2.24) is 9.88 Å². The summed E-state index contributed by atoms with van der Waals surface area (Å²) in [6, 6.07) is 4.61. The zero-order chi connectivity index (χ0) is 33.9. The van der Waals surface area contributed by atoms with E-state index in [1.807, 2.05) is 6.92 Å². The van der Waals surface area contributed by atoms with Crippen LogP contribution in [0, 0.1) is 11.3 Å². The number of likely N-dealkylation sites (tertiary alicyclic amines) is 1. The van der Waals surface area contributed by atoms with Gasteiger partial charge in [-0.15, -0.1) is 0 Å². The van der Waals surface area contributed by atoms with Crippen LogP contribution in [0.5, 0.6) is 0 Å². The molecule has 2 fully saturated rings. The molecule has 7 nitrogen and oxygen atoms in total. The molecule has 1 saturated carbocycles. The summed E-state index contributed by atoms with van der Waals surface area (Å²) in [5.41, 5.74) is -8.65. The van der Waals surface area contributed by atoms with Crippen molar-refractivity contribution in [3.05, 3.63) is 59.3 Å². The molecule has 1 aromatic carbocycles. The molecule has 1 aromatic heterocycles. The summed E-state index contributed by atoms with van der Waals surface area (Å²) < 4.78 is 123. The molecule has 1 saturated heterocycles. The summed E-state index contributed by atoms with van der Waals surface area (Å²) in [5, 5.41) is 9.49. The zero-order valence-corrected chi connectivity index (χ0v) is 25.6. The first-order valence-corrected chi connectivity index (χ1v) is 16.5. The van der Waals surface area contributed by atoms with Crippen molar-refractivity contribution in [3.8, 4) is 0 Å². The summed E-state index contributed by atoms with van der Waals surface area (Å²) in [6.07, 6.45) is -9.90. The number of aromatic nitrogens is 1. The van der Waals surface area contributed by atoms with E-state index in [-0.39, 0.29) is 73.6 Å². The second kappa shape index (κ2) is 11.5. The largest absolute Gasteiger partial charge is 0.481 e. The fourth-order valence-corrected chi connectivity index (χ4v) is 10.2. The number of aryl methyl sites for hydroxylation is 1. The van der Waals surface area contributed by atoms with Crippen molar-refractivity contribution >= 4 is 21.7 Å². The predicted octanol–water partition coefficient (Wildman–Crippen LogP) is 6.65. The van der Waals surface area contributed by atoms with Crippen LogP contribution < -0.4 is 0 Å². The number of benzene rings is 1. The number of hydrogen-bond donors (Lipinski definition) is 1. The van der Waals surface area contributed by atoms with Gasteiger partial charge in [-0.2, -0.15) is 26.3 Å². The van der Waals surface area contributed by atoms with Crippen LogP contribution in [0.4, 0.5) is 30.7 Å². The first kappa shape index (κ1) is 34.1. The third-order valence-electron chi connectivity index (χ3n) is 10.2. The van der Waals surface area contributed by atoms with Crippen LogP contribution in [0.25, 0.3) is 0 Å². The highest BCUT2D eigenvalue weighted by Gasteiger charge is 2.74. The van der Waals surface area contributed by atoms with Crippen LogP contribution in [-0.4, -0.2) is 60.2 Å². The zero-order valence-electron chi connectivity index (χ0n) is 24.8. The fourth-order valence-electron chi connectivity index (χ4n) is 7.89. The third kappa shape index (κ3) is 4.98. The van der Waals surface area contributed by atoms with Gasteiger partial charge in [0.2, 0.25) is 15.7 Å². The van der Waals surface area contributed by atoms with Crippen LogP contribution >= 0.6 is 0 Å². The van der Waals surface area contributed by atoms with Crippen LogP contribution in [0.2, 0.25) is 0 Å². The Morgan fingerprint density at radius 3 is 2.17 bits per heavy atom. The highest BCUT2D eigenvalue weighted by atomic mass is 32.2. The molecule has 5 rings (SSSR count). The molecule has 2 atom stereocenters. The third-order valence-corrected chi connectivity index (χ3v) is 12.7.